The lowest BCUT2D eigenvalue weighted by Crippen LogP contribution is -1.96. The minimum atomic E-state index is -0.699. The van der Waals surface area contributed by atoms with Gasteiger partial charge in [-0.2, -0.15) is 10.5 Å². The number of carbonyl (C=O) groups excluding carboxylic acids is 2. The highest BCUT2D eigenvalue weighted by atomic mass is 16.5. The number of nitrogens with zero attached hydrogens (tertiary/aromatic N) is 2. The molecule has 0 aliphatic carbocycles. The lowest BCUT2D eigenvalue weighted by Gasteiger charge is -2.03. The van der Waals surface area contributed by atoms with Crippen LogP contribution in [0.4, 0.5) is 0 Å². The predicted molar refractivity (Wildman–Crippen MR) is 94.8 cm³/mol. The molecule has 0 N–H and O–H groups in total. The van der Waals surface area contributed by atoms with Gasteiger partial charge in [0.1, 0.15) is 35.9 Å². The van der Waals surface area contributed by atoms with Crippen LogP contribution in [0.3, 0.4) is 0 Å². The lowest BCUT2D eigenvalue weighted by molar-refractivity contribution is -0.108. The van der Waals surface area contributed by atoms with E-state index in [0.717, 1.165) is 0 Å². The van der Waals surface area contributed by atoms with Gasteiger partial charge < -0.3 is 19.1 Å². The molecule has 2 atom stereocenters. The number of methoxy groups -OCH3 is 2. The average molecular weight is 350 g/mol. The molecule has 0 radical (unpaired) electrons. The summed E-state index contributed by atoms with van der Waals surface area (Å²) in [5.41, 5.74) is 1.33. The third kappa shape index (κ3) is 5.77. The second-order valence-electron chi connectivity index (χ2n) is 5.04. The molecule has 0 aromatic heterocycles. The van der Waals surface area contributed by atoms with Crippen molar-refractivity contribution in [3.05, 3.63) is 59.7 Å². The zero-order valence-electron chi connectivity index (χ0n) is 14.5. The van der Waals surface area contributed by atoms with Gasteiger partial charge in [-0.1, -0.05) is 24.3 Å². The van der Waals surface area contributed by atoms with Crippen LogP contribution in [-0.2, 0) is 9.59 Å². The number of nitriles is 2. The first-order valence-corrected chi connectivity index (χ1v) is 7.61. The van der Waals surface area contributed by atoms with Crippen molar-refractivity contribution in [2.24, 2.45) is 0 Å². The number of aldehydes is 2. The van der Waals surface area contributed by atoms with Gasteiger partial charge in [0.2, 0.25) is 0 Å². The highest BCUT2D eigenvalue weighted by Crippen LogP contribution is 2.19. The van der Waals surface area contributed by atoms with E-state index in [1.54, 1.807) is 62.8 Å². The van der Waals surface area contributed by atoms with Gasteiger partial charge in [0.05, 0.1) is 26.4 Å². The van der Waals surface area contributed by atoms with Crippen molar-refractivity contribution in [2.45, 2.75) is 11.8 Å². The van der Waals surface area contributed by atoms with Crippen molar-refractivity contribution in [1.82, 2.24) is 0 Å². The summed E-state index contributed by atoms with van der Waals surface area (Å²) in [7, 11) is 3.09. The zero-order valence-corrected chi connectivity index (χ0v) is 14.5. The van der Waals surface area contributed by atoms with Crippen molar-refractivity contribution in [3.63, 3.8) is 0 Å². The van der Waals surface area contributed by atoms with Crippen molar-refractivity contribution >= 4 is 12.6 Å². The molecule has 0 fully saturated rings. The standard InChI is InChI=1S/2C10H9NO2/c2*1-13-10-4-2-3-8(5-10)9(6-11)7-12/h2*2-5,7,9H,1H3. The summed E-state index contributed by atoms with van der Waals surface area (Å²) in [4.78, 5) is 20.9. The van der Waals surface area contributed by atoms with Crippen molar-refractivity contribution in [3.8, 4) is 23.6 Å². The fraction of sp³-hybridized carbons (Fsp3) is 0.200. The summed E-state index contributed by atoms with van der Waals surface area (Å²) in [6.07, 6.45) is 1.24. The van der Waals surface area contributed by atoms with Crippen LogP contribution in [0, 0.1) is 22.7 Å². The van der Waals surface area contributed by atoms with Crippen LogP contribution in [0.25, 0.3) is 0 Å². The van der Waals surface area contributed by atoms with Crippen LogP contribution < -0.4 is 9.47 Å². The minimum absolute atomic E-state index is 0.620. The van der Waals surface area contributed by atoms with Gasteiger partial charge in [-0.15, -0.1) is 0 Å². The molecule has 0 heterocycles. The molecular weight excluding hydrogens is 332 g/mol. The second-order valence-corrected chi connectivity index (χ2v) is 5.04. The second kappa shape index (κ2) is 11.0. The quantitative estimate of drug-likeness (QED) is 0.742. The fourth-order valence-corrected chi connectivity index (χ4v) is 2.04. The van der Waals surface area contributed by atoms with Crippen molar-refractivity contribution < 1.29 is 19.1 Å². The Labute approximate surface area is 152 Å². The molecular formula is C20H18N2O4. The molecule has 0 amide bonds. The Morgan fingerprint density at radius 1 is 0.808 bits per heavy atom. The molecule has 2 aromatic rings. The molecule has 6 heteroatoms. The van der Waals surface area contributed by atoms with Gasteiger partial charge in [0.25, 0.3) is 0 Å². The van der Waals surface area contributed by atoms with E-state index in [0.29, 0.717) is 35.2 Å². The first-order valence-electron chi connectivity index (χ1n) is 7.61. The zero-order chi connectivity index (χ0) is 19.4. The molecule has 0 bridgehead atoms. The van der Waals surface area contributed by atoms with Crippen LogP contribution in [0.2, 0.25) is 0 Å². The highest BCUT2D eigenvalue weighted by molar-refractivity contribution is 5.67. The molecule has 2 unspecified atom stereocenters. The Balaban J connectivity index is 0.000000260. The molecule has 2 rings (SSSR count). The van der Waals surface area contributed by atoms with E-state index in [-0.39, 0.29) is 0 Å². The van der Waals surface area contributed by atoms with Gasteiger partial charge in [0, 0.05) is 0 Å². The SMILES string of the molecule is COc1cccc(C(C#N)C=O)c1.COc1cccc(C(C#N)C=O)c1. The number of hydrogen-bond donors (Lipinski definition) is 0. The Kier molecular flexibility index (Phi) is 8.64. The van der Waals surface area contributed by atoms with Crippen LogP contribution in [0.1, 0.15) is 23.0 Å². The van der Waals surface area contributed by atoms with Gasteiger partial charge in [-0.25, -0.2) is 0 Å². The van der Waals surface area contributed by atoms with Gasteiger partial charge in [-0.05, 0) is 35.4 Å². The summed E-state index contributed by atoms with van der Waals surface area (Å²) in [5, 5.41) is 17.2. The maximum Gasteiger partial charge on any atom is 0.141 e. The maximum atomic E-state index is 10.5. The van der Waals surface area contributed by atoms with Crippen LogP contribution >= 0.6 is 0 Å². The van der Waals surface area contributed by atoms with Crippen LogP contribution in [0.15, 0.2) is 48.5 Å². The van der Waals surface area contributed by atoms with E-state index < -0.39 is 11.8 Å². The number of carbonyl (C=O) groups is 2. The third-order valence-electron chi connectivity index (χ3n) is 3.46. The monoisotopic (exact) mass is 350 g/mol. The lowest BCUT2D eigenvalue weighted by atomic mass is 10.0. The topological polar surface area (TPSA) is 100 Å². The predicted octanol–water partition coefficient (Wildman–Crippen LogP) is 3.00. The van der Waals surface area contributed by atoms with Gasteiger partial charge in [-0.3, -0.25) is 0 Å². The molecule has 0 aliphatic heterocycles. The number of ether oxygens (including phenoxy) is 2. The maximum absolute atomic E-state index is 10.5. The Morgan fingerprint density at radius 2 is 1.19 bits per heavy atom. The van der Waals surface area contributed by atoms with Crippen molar-refractivity contribution in [2.75, 3.05) is 14.2 Å². The largest absolute Gasteiger partial charge is 0.497 e. The fourth-order valence-electron chi connectivity index (χ4n) is 2.04. The summed E-state index contributed by atoms with van der Waals surface area (Å²) in [6, 6.07) is 17.6. The van der Waals surface area contributed by atoms with E-state index in [4.69, 9.17) is 20.0 Å². The van der Waals surface area contributed by atoms with Crippen LogP contribution in [0.5, 0.6) is 11.5 Å². The molecule has 0 aliphatic rings. The van der Waals surface area contributed by atoms with E-state index in [1.165, 1.54) is 0 Å². The first kappa shape index (κ1) is 20.4. The Bertz CT molecular complexity index is 752. The molecule has 2 aromatic carbocycles. The van der Waals surface area contributed by atoms with Gasteiger partial charge >= 0.3 is 0 Å². The Hall–Kier alpha value is -3.64. The summed E-state index contributed by atoms with van der Waals surface area (Å²) in [5.74, 6) is -0.0931. The summed E-state index contributed by atoms with van der Waals surface area (Å²) in [6.45, 7) is 0. The van der Waals surface area contributed by atoms with E-state index in [1.807, 2.05) is 12.1 Å². The smallest absolute Gasteiger partial charge is 0.141 e. The normalized spacial score (nSPS) is 11.4. The highest BCUT2D eigenvalue weighted by Gasteiger charge is 2.09. The molecule has 0 spiro atoms. The van der Waals surface area contributed by atoms with Crippen LogP contribution in [-0.4, -0.2) is 26.8 Å². The summed E-state index contributed by atoms with van der Waals surface area (Å²) < 4.78 is 9.94. The molecule has 0 saturated heterocycles. The molecule has 6 nitrogen and oxygen atoms in total. The third-order valence-corrected chi connectivity index (χ3v) is 3.46. The summed E-state index contributed by atoms with van der Waals surface area (Å²) >= 11 is 0. The minimum Gasteiger partial charge on any atom is -0.497 e. The Morgan fingerprint density at radius 3 is 1.46 bits per heavy atom. The van der Waals surface area contributed by atoms with E-state index in [9.17, 15) is 9.59 Å². The first-order chi connectivity index (χ1) is 12.6. The van der Waals surface area contributed by atoms with E-state index >= 15 is 0 Å². The number of rotatable bonds is 6. The van der Waals surface area contributed by atoms with E-state index in [2.05, 4.69) is 0 Å². The number of hydrogen-bond acceptors (Lipinski definition) is 6. The molecule has 0 saturated carbocycles. The van der Waals surface area contributed by atoms with Gasteiger partial charge in [0.15, 0.2) is 0 Å². The average Bonchev–Trinajstić information content (AvgIpc) is 2.71. The molecule has 132 valence electrons. The number of benzene rings is 2. The van der Waals surface area contributed by atoms with Crippen molar-refractivity contribution in [1.29, 1.82) is 10.5 Å². The molecule has 26 heavy (non-hydrogen) atoms.